The molecule has 6 heteroatoms. The third-order valence-electron chi connectivity index (χ3n) is 6.21. The smallest absolute Gasteiger partial charge is 0.373 e. The van der Waals surface area contributed by atoms with E-state index in [0.717, 1.165) is 16.0 Å². The zero-order valence-electron chi connectivity index (χ0n) is 16.1. The van der Waals surface area contributed by atoms with Gasteiger partial charge in [-0.15, -0.1) is 0 Å². The van der Waals surface area contributed by atoms with E-state index in [-0.39, 0.29) is 17.9 Å². The summed E-state index contributed by atoms with van der Waals surface area (Å²) in [5.41, 5.74) is 1.34. The number of carbonyl (C=O) groups is 3. The summed E-state index contributed by atoms with van der Waals surface area (Å²) in [6, 6.07) is 16.6. The summed E-state index contributed by atoms with van der Waals surface area (Å²) < 4.78 is 5.18. The summed E-state index contributed by atoms with van der Waals surface area (Å²) in [4.78, 5) is 40.5. The monoisotopic (exact) mass is 379 g/mol. The summed E-state index contributed by atoms with van der Waals surface area (Å²) in [6.07, 6.45) is 0. The standard InChI is InChI=1S/C22H22N2O4/c1-13-9-7-8-12-15(13)18-16-17(20(26)24(2)19(16)25)22(23-18,21(27)28-3)14-10-5-4-6-11-14/h4-12,16-18,23H,1-3H3/p+1/t16-,17-,18-,22-/m0/s1. The van der Waals surface area contributed by atoms with Crippen molar-refractivity contribution in [2.45, 2.75) is 18.5 Å². The van der Waals surface area contributed by atoms with E-state index in [1.165, 1.54) is 14.2 Å². The number of amides is 2. The van der Waals surface area contributed by atoms with Crippen LogP contribution in [0.3, 0.4) is 0 Å². The van der Waals surface area contributed by atoms with Crippen LogP contribution in [0, 0.1) is 18.8 Å². The van der Waals surface area contributed by atoms with Crippen molar-refractivity contribution in [2.75, 3.05) is 14.2 Å². The Morgan fingerprint density at radius 3 is 2.32 bits per heavy atom. The van der Waals surface area contributed by atoms with Crippen LogP contribution >= 0.6 is 0 Å². The molecule has 0 radical (unpaired) electrons. The lowest BCUT2D eigenvalue weighted by Gasteiger charge is -2.29. The van der Waals surface area contributed by atoms with E-state index in [2.05, 4.69) is 0 Å². The van der Waals surface area contributed by atoms with E-state index < -0.39 is 23.3 Å². The second-order valence-electron chi connectivity index (χ2n) is 7.51. The lowest BCUT2D eigenvalue weighted by atomic mass is 9.75. The Kier molecular flexibility index (Phi) is 4.31. The normalized spacial score (nSPS) is 29.1. The van der Waals surface area contributed by atoms with Crippen LogP contribution in [0.25, 0.3) is 0 Å². The van der Waals surface area contributed by atoms with Crippen molar-refractivity contribution in [1.29, 1.82) is 0 Å². The molecule has 4 rings (SSSR count). The molecule has 0 aliphatic carbocycles. The molecule has 2 aromatic carbocycles. The molecule has 0 saturated carbocycles. The number of nitrogens with two attached hydrogens (primary N) is 1. The molecule has 2 aliphatic rings. The first-order valence-electron chi connectivity index (χ1n) is 9.30. The average molecular weight is 379 g/mol. The van der Waals surface area contributed by atoms with E-state index in [1.54, 1.807) is 0 Å². The summed E-state index contributed by atoms with van der Waals surface area (Å²) in [5, 5.41) is 1.87. The molecule has 0 unspecified atom stereocenters. The van der Waals surface area contributed by atoms with Crippen molar-refractivity contribution < 1.29 is 24.4 Å². The Labute approximate surface area is 163 Å². The molecule has 4 atom stereocenters. The van der Waals surface area contributed by atoms with E-state index in [4.69, 9.17) is 4.74 Å². The van der Waals surface area contributed by atoms with Crippen LogP contribution in [0.1, 0.15) is 22.7 Å². The third kappa shape index (κ3) is 2.34. The maximum absolute atomic E-state index is 13.2. The quantitative estimate of drug-likeness (QED) is 0.635. The number of aryl methyl sites for hydroxylation is 1. The molecule has 0 bridgehead atoms. The van der Waals surface area contributed by atoms with Gasteiger partial charge in [-0.3, -0.25) is 14.5 Å². The first-order valence-corrected chi connectivity index (χ1v) is 9.30. The summed E-state index contributed by atoms with van der Waals surface area (Å²) >= 11 is 0. The molecule has 2 aliphatic heterocycles. The fourth-order valence-corrected chi connectivity index (χ4v) is 4.88. The van der Waals surface area contributed by atoms with Crippen LogP contribution in [0.5, 0.6) is 0 Å². The number of likely N-dealkylation sites (tertiary alicyclic amines) is 1. The second kappa shape index (κ2) is 6.56. The molecule has 2 saturated heterocycles. The number of rotatable bonds is 3. The fourth-order valence-electron chi connectivity index (χ4n) is 4.88. The molecule has 2 heterocycles. The van der Waals surface area contributed by atoms with Crippen molar-refractivity contribution >= 4 is 17.8 Å². The van der Waals surface area contributed by atoms with E-state index in [9.17, 15) is 14.4 Å². The van der Waals surface area contributed by atoms with Crippen molar-refractivity contribution in [1.82, 2.24) is 4.90 Å². The van der Waals surface area contributed by atoms with Crippen LogP contribution in [0.15, 0.2) is 54.6 Å². The Morgan fingerprint density at radius 2 is 1.68 bits per heavy atom. The number of hydrogen-bond donors (Lipinski definition) is 1. The molecule has 2 N–H and O–H groups in total. The van der Waals surface area contributed by atoms with E-state index in [0.29, 0.717) is 5.56 Å². The van der Waals surface area contributed by atoms with Crippen LogP contribution in [-0.2, 0) is 24.7 Å². The van der Waals surface area contributed by atoms with Crippen molar-refractivity contribution in [2.24, 2.45) is 11.8 Å². The van der Waals surface area contributed by atoms with Gasteiger partial charge >= 0.3 is 5.97 Å². The lowest BCUT2D eigenvalue weighted by molar-refractivity contribution is -0.742. The minimum atomic E-state index is -1.30. The first kappa shape index (κ1) is 18.4. The van der Waals surface area contributed by atoms with Gasteiger partial charge in [0.15, 0.2) is 0 Å². The number of methoxy groups -OCH3 is 1. The molecular weight excluding hydrogens is 356 g/mol. The van der Waals surface area contributed by atoms with Gasteiger partial charge in [-0.2, -0.15) is 0 Å². The maximum atomic E-state index is 13.2. The first-order chi connectivity index (χ1) is 13.4. The van der Waals surface area contributed by atoms with Gasteiger partial charge in [0, 0.05) is 18.2 Å². The number of carbonyl (C=O) groups excluding carboxylic acids is 3. The Hall–Kier alpha value is -2.99. The number of esters is 1. The van der Waals surface area contributed by atoms with Crippen molar-refractivity contribution in [3.63, 3.8) is 0 Å². The fraction of sp³-hybridized carbons (Fsp3) is 0.318. The largest absolute Gasteiger partial charge is 0.464 e. The van der Waals surface area contributed by atoms with Gasteiger partial charge in [0.2, 0.25) is 17.4 Å². The number of imide groups is 1. The van der Waals surface area contributed by atoms with Gasteiger partial charge in [-0.05, 0) is 12.5 Å². The zero-order chi connectivity index (χ0) is 20.1. The molecule has 6 nitrogen and oxygen atoms in total. The maximum Gasteiger partial charge on any atom is 0.373 e. The molecule has 28 heavy (non-hydrogen) atoms. The molecule has 2 aromatic rings. The Balaban J connectivity index is 1.97. The highest BCUT2D eigenvalue weighted by Crippen LogP contribution is 2.48. The van der Waals surface area contributed by atoms with Crippen LogP contribution < -0.4 is 5.32 Å². The average Bonchev–Trinajstić information content (AvgIpc) is 3.19. The predicted octanol–water partition coefficient (Wildman–Crippen LogP) is 0.913. The third-order valence-corrected chi connectivity index (χ3v) is 6.21. The Bertz CT molecular complexity index is 958. The number of ether oxygens (including phenoxy) is 1. The topological polar surface area (TPSA) is 80.3 Å². The van der Waals surface area contributed by atoms with E-state index >= 15 is 0 Å². The van der Waals surface area contributed by atoms with Crippen LogP contribution in [0.4, 0.5) is 0 Å². The van der Waals surface area contributed by atoms with Crippen LogP contribution in [-0.4, -0.2) is 36.8 Å². The Morgan fingerprint density at radius 1 is 1.04 bits per heavy atom. The molecule has 2 amide bonds. The van der Waals surface area contributed by atoms with Gasteiger partial charge in [-0.1, -0.05) is 54.6 Å². The second-order valence-corrected chi connectivity index (χ2v) is 7.51. The molecule has 0 aromatic heterocycles. The van der Waals surface area contributed by atoms with Gasteiger partial charge in [0.05, 0.1) is 7.11 Å². The minimum absolute atomic E-state index is 0.249. The highest BCUT2D eigenvalue weighted by molar-refractivity contribution is 6.08. The summed E-state index contributed by atoms with van der Waals surface area (Å²) in [6.45, 7) is 1.98. The molecule has 0 spiro atoms. The van der Waals surface area contributed by atoms with Gasteiger partial charge in [0.25, 0.3) is 0 Å². The SMILES string of the molecule is COC(=O)[C@@]1(c2ccccc2)[NH2+][C@@H](c2ccccc2C)[C@H]2C(=O)N(C)C(=O)[C@H]21. The molecular formula is C22H23N2O4+. The minimum Gasteiger partial charge on any atom is -0.464 e. The summed E-state index contributed by atoms with van der Waals surface area (Å²) in [5.74, 6) is -2.54. The molecule has 2 fully saturated rings. The number of benzene rings is 2. The molecule has 144 valence electrons. The van der Waals surface area contributed by atoms with Crippen molar-refractivity contribution in [3.8, 4) is 0 Å². The van der Waals surface area contributed by atoms with Crippen LogP contribution in [0.2, 0.25) is 0 Å². The number of fused-ring (bicyclic) bond motifs is 1. The highest BCUT2D eigenvalue weighted by Gasteiger charge is 2.72. The van der Waals surface area contributed by atoms with Gasteiger partial charge in [0.1, 0.15) is 17.9 Å². The van der Waals surface area contributed by atoms with Crippen molar-refractivity contribution in [3.05, 3.63) is 71.3 Å². The number of nitrogens with zero attached hydrogens (tertiary/aromatic N) is 1. The van der Waals surface area contributed by atoms with Gasteiger partial charge < -0.3 is 10.1 Å². The predicted molar refractivity (Wildman–Crippen MR) is 101 cm³/mol. The van der Waals surface area contributed by atoms with Gasteiger partial charge in [-0.25, -0.2) is 4.79 Å². The highest BCUT2D eigenvalue weighted by atomic mass is 16.5. The summed E-state index contributed by atoms with van der Waals surface area (Å²) in [7, 11) is 2.81. The number of hydrogen-bond acceptors (Lipinski definition) is 4. The number of quaternary nitrogens is 1. The zero-order valence-corrected chi connectivity index (χ0v) is 16.1. The lowest BCUT2D eigenvalue weighted by Crippen LogP contribution is -2.96. The van der Waals surface area contributed by atoms with E-state index in [1.807, 2.05) is 66.8 Å².